The average Bonchev–Trinajstić information content (AvgIpc) is 3.49. The lowest BCUT2D eigenvalue weighted by atomic mass is 10.0. The fourth-order valence-corrected chi connectivity index (χ4v) is 4.72. The molecule has 1 aliphatic heterocycles. The van der Waals surface area contributed by atoms with Crippen LogP contribution in [0.4, 0.5) is 16.3 Å². The van der Waals surface area contributed by atoms with E-state index in [2.05, 4.69) is 32.0 Å². The van der Waals surface area contributed by atoms with Crippen molar-refractivity contribution in [2.45, 2.75) is 51.1 Å². The maximum absolute atomic E-state index is 11.6. The molecule has 0 spiro atoms. The summed E-state index contributed by atoms with van der Waals surface area (Å²) in [6, 6.07) is 2.22. The van der Waals surface area contributed by atoms with Gasteiger partial charge in [-0.05, 0) is 25.3 Å². The first-order valence-electron chi connectivity index (χ1n) is 10.6. The van der Waals surface area contributed by atoms with Crippen LogP contribution >= 0.6 is 0 Å². The number of rotatable bonds is 4. The number of hydrogen-bond acceptors (Lipinski definition) is 7. The normalized spacial score (nSPS) is 18.0. The minimum atomic E-state index is -1.07. The molecule has 4 heterocycles. The van der Waals surface area contributed by atoms with Gasteiger partial charge in [0.15, 0.2) is 17.5 Å². The number of aromatic nitrogens is 6. The Morgan fingerprint density at radius 3 is 2.84 bits per heavy atom. The average molecular weight is 420 g/mol. The fraction of sp³-hybridized carbons (Fsp3) is 0.429. The van der Waals surface area contributed by atoms with E-state index in [0.29, 0.717) is 23.1 Å². The molecule has 5 rings (SSSR count). The maximum atomic E-state index is 11.6. The van der Waals surface area contributed by atoms with Crippen LogP contribution in [0.15, 0.2) is 31.0 Å². The van der Waals surface area contributed by atoms with E-state index < -0.39 is 6.09 Å². The van der Waals surface area contributed by atoms with E-state index in [1.807, 2.05) is 4.57 Å². The number of pyridine rings is 1. The molecule has 31 heavy (non-hydrogen) atoms. The predicted molar refractivity (Wildman–Crippen MR) is 114 cm³/mol. The van der Waals surface area contributed by atoms with Gasteiger partial charge in [-0.3, -0.25) is 14.5 Å². The molecule has 10 nitrogen and oxygen atoms in total. The Bertz CT molecular complexity index is 1120. The van der Waals surface area contributed by atoms with Crippen molar-refractivity contribution in [3.05, 3.63) is 36.8 Å². The van der Waals surface area contributed by atoms with Crippen molar-refractivity contribution in [2.75, 3.05) is 16.8 Å². The van der Waals surface area contributed by atoms with Crippen LogP contribution in [-0.2, 0) is 0 Å². The van der Waals surface area contributed by atoms with Crippen molar-refractivity contribution < 1.29 is 9.90 Å². The molecule has 1 saturated carbocycles. The van der Waals surface area contributed by atoms with Crippen molar-refractivity contribution in [3.63, 3.8) is 0 Å². The second kappa shape index (κ2) is 7.60. The Morgan fingerprint density at radius 2 is 2.10 bits per heavy atom. The summed E-state index contributed by atoms with van der Waals surface area (Å²) >= 11 is 0. The number of hydrogen-bond donors (Lipinski definition) is 1. The van der Waals surface area contributed by atoms with Gasteiger partial charge in [-0.15, -0.1) is 10.2 Å². The van der Waals surface area contributed by atoms with E-state index in [9.17, 15) is 9.90 Å². The molecule has 3 aromatic rings. The van der Waals surface area contributed by atoms with Gasteiger partial charge in [0.25, 0.3) is 0 Å². The number of carbonyl (C=O) groups is 1. The molecular formula is C21H24N8O2. The van der Waals surface area contributed by atoms with Crippen LogP contribution in [-0.4, -0.2) is 54.0 Å². The number of nitrogens with zero attached hydrogens (tertiary/aromatic N) is 8. The van der Waals surface area contributed by atoms with Gasteiger partial charge in [0.1, 0.15) is 12.0 Å². The molecule has 1 amide bonds. The zero-order chi connectivity index (χ0) is 21.5. The summed E-state index contributed by atoms with van der Waals surface area (Å²) < 4.78 is 1.97. The summed E-state index contributed by atoms with van der Waals surface area (Å²) in [6.07, 6.45) is 11.1. The Hall–Kier alpha value is -3.56. The predicted octanol–water partition coefficient (Wildman–Crippen LogP) is 3.45. The molecule has 1 unspecified atom stereocenters. The summed E-state index contributed by atoms with van der Waals surface area (Å²) in [6.45, 7) is 2.15. The number of carboxylic acid groups (broad SMARTS) is 1. The molecule has 0 radical (unpaired) electrons. The van der Waals surface area contributed by atoms with Crippen LogP contribution in [0, 0.1) is 0 Å². The topological polar surface area (TPSA) is 113 Å². The van der Waals surface area contributed by atoms with E-state index >= 15 is 0 Å². The summed E-state index contributed by atoms with van der Waals surface area (Å²) in [5.41, 5.74) is 1.91. The lowest BCUT2D eigenvalue weighted by Crippen LogP contribution is -2.42. The number of amides is 1. The maximum Gasteiger partial charge on any atom is 0.411 e. The highest BCUT2D eigenvalue weighted by molar-refractivity contribution is 5.91. The summed E-state index contributed by atoms with van der Waals surface area (Å²) in [5, 5.41) is 18.0. The second-order valence-electron chi connectivity index (χ2n) is 7.97. The molecule has 2 aliphatic rings. The highest BCUT2D eigenvalue weighted by atomic mass is 16.4. The largest absolute Gasteiger partial charge is 0.465 e. The van der Waals surface area contributed by atoms with Gasteiger partial charge in [0.2, 0.25) is 0 Å². The minimum Gasteiger partial charge on any atom is -0.465 e. The first kappa shape index (κ1) is 19.4. The molecule has 1 fully saturated rings. The van der Waals surface area contributed by atoms with E-state index in [0.717, 1.165) is 41.5 Å². The fourth-order valence-electron chi connectivity index (χ4n) is 4.72. The van der Waals surface area contributed by atoms with Crippen LogP contribution in [0.25, 0.3) is 17.1 Å². The lowest BCUT2D eigenvalue weighted by Gasteiger charge is -2.40. The Balaban J connectivity index is 1.68. The molecule has 10 heteroatoms. The zero-order valence-corrected chi connectivity index (χ0v) is 17.5. The number of fused-ring (bicyclic) bond motifs is 3. The molecule has 0 aromatic carbocycles. The Morgan fingerprint density at radius 1 is 1.29 bits per heavy atom. The molecule has 1 atom stereocenters. The Kier molecular flexibility index (Phi) is 4.76. The molecule has 1 N–H and O–H groups in total. The summed E-state index contributed by atoms with van der Waals surface area (Å²) in [4.78, 5) is 28.8. The van der Waals surface area contributed by atoms with Crippen molar-refractivity contribution in [1.82, 2.24) is 29.7 Å². The lowest BCUT2D eigenvalue weighted by molar-refractivity contribution is 0.203. The summed E-state index contributed by atoms with van der Waals surface area (Å²) in [7, 11) is 1.49. The van der Waals surface area contributed by atoms with Crippen LogP contribution in [0.1, 0.15) is 50.9 Å². The van der Waals surface area contributed by atoms with Gasteiger partial charge >= 0.3 is 6.09 Å². The third-order valence-corrected chi connectivity index (χ3v) is 6.26. The highest BCUT2D eigenvalue weighted by Crippen LogP contribution is 2.43. The third kappa shape index (κ3) is 3.09. The van der Waals surface area contributed by atoms with Crippen LogP contribution in [0.5, 0.6) is 0 Å². The first-order valence-corrected chi connectivity index (χ1v) is 10.6. The smallest absolute Gasteiger partial charge is 0.411 e. The van der Waals surface area contributed by atoms with Crippen LogP contribution in [0.3, 0.4) is 0 Å². The van der Waals surface area contributed by atoms with Crippen LogP contribution < -0.4 is 9.80 Å². The first-order chi connectivity index (χ1) is 15.1. The van der Waals surface area contributed by atoms with Gasteiger partial charge in [-0.1, -0.05) is 19.8 Å². The Labute approximate surface area is 179 Å². The van der Waals surface area contributed by atoms with E-state index in [4.69, 9.17) is 4.98 Å². The molecule has 1 aliphatic carbocycles. The summed E-state index contributed by atoms with van der Waals surface area (Å²) in [5.74, 6) is 2.23. The standard InChI is InChI=1S/C21H24N8O2/c1-3-15-20-26-24-12-28(20)17-11-23-18(25-19(17)29(15)13-6-4-5-7-13)14-8-9-22-10-16(14)27(2)21(30)31/h8-13,15H,3-7H2,1-2H3,(H,30,31). The molecule has 3 aromatic heterocycles. The van der Waals surface area contributed by atoms with Gasteiger partial charge in [0, 0.05) is 24.8 Å². The van der Waals surface area contributed by atoms with Crippen molar-refractivity contribution in [3.8, 4) is 17.1 Å². The minimum absolute atomic E-state index is 0.0828. The van der Waals surface area contributed by atoms with Crippen molar-refractivity contribution >= 4 is 17.6 Å². The van der Waals surface area contributed by atoms with Crippen LogP contribution in [0.2, 0.25) is 0 Å². The molecule has 0 bridgehead atoms. The second-order valence-corrected chi connectivity index (χ2v) is 7.97. The molecular weight excluding hydrogens is 396 g/mol. The molecule has 0 saturated heterocycles. The van der Waals surface area contributed by atoms with Gasteiger partial charge in [0.05, 0.1) is 24.1 Å². The van der Waals surface area contributed by atoms with Gasteiger partial charge in [-0.2, -0.15) is 0 Å². The third-order valence-electron chi connectivity index (χ3n) is 6.26. The van der Waals surface area contributed by atoms with E-state index in [1.165, 1.54) is 26.1 Å². The van der Waals surface area contributed by atoms with E-state index in [1.54, 1.807) is 24.8 Å². The monoisotopic (exact) mass is 420 g/mol. The number of anilines is 2. The SMILES string of the molecule is CCC1c2nncn2-c2cnc(-c3ccncc3N(C)C(=O)O)nc2N1C1CCCC1. The van der Waals surface area contributed by atoms with Gasteiger partial charge < -0.3 is 10.0 Å². The zero-order valence-electron chi connectivity index (χ0n) is 17.5. The molecule has 160 valence electrons. The quantitative estimate of drug-likeness (QED) is 0.683. The van der Waals surface area contributed by atoms with E-state index in [-0.39, 0.29) is 6.04 Å². The van der Waals surface area contributed by atoms with Gasteiger partial charge in [-0.25, -0.2) is 14.8 Å². The van der Waals surface area contributed by atoms with Crippen molar-refractivity contribution in [1.29, 1.82) is 0 Å². The highest BCUT2D eigenvalue weighted by Gasteiger charge is 2.38. The van der Waals surface area contributed by atoms with Crippen molar-refractivity contribution in [2.24, 2.45) is 0 Å².